The Balaban J connectivity index is 1.92. The third-order valence-corrected chi connectivity index (χ3v) is 5.18. The molecule has 1 fully saturated rings. The van der Waals surface area contributed by atoms with Crippen LogP contribution < -0.4 is 10.6 Å². The molecule has 0 aromatic heterocycles. The van der Waals surface area contributed by atoms with Crippen molar-refractivity contribution in [2.45, 2.75) is 115 Å². The van der Waals surface area contributed by atoms with Crippen LogP contribution in [0.4, 0.5) is 0 Å². The van der Waals surface area contributed by atoms with Crippen molar-refractivity contribution < 1.29 is 14.7 Å². The molecule has 5 nitrogen and oxygen atoms in total. The fraction of sp³-hybridized carbons (Fsp3) is 0.905. The van der Waals surface area contributed by atoms with Gasteiger partial charge in [0, 0.05) is 6.54 Å². The Labute approximate surface area is 159 Å². The van der Waals surface area contributed by atoms with Gasteiger partial charge in [0.1, 0.15) is 6.04 Å². The number of carbonyl (C=O) groups is 2. The van der Waals surface area contributed by atoms with Gasteiger partial charge in [-0.1, -0.05) is 77.6 Å². The van der Waals surface area contributed by atoms with Gasteiger partial charge >= 0.3 is 0 Å². The third kappa shape index (κ3) is 11.5. The largest absolute Gasteiger partial charge is 0.393 e. The average molecular weight is 369 g/mol. The summed E-state index contributed by atoms with van der Waals surface area (Å²) in [4.78, 5) is 23.5. The van der Waals surface area contributed by atoms with Crippen LogP contribution in [0.2, 0.25) is 0 Å². The predicted octanol–water partition coefficient (Wildman–Crippen LogP) is 3.83. The highest BCUT2D eigenvalue weighted by Gasteiger charge is 2.24. The van der Waals surface area contributed by atoms with Crippen LogP contribution in [0.1, 0.15) is 103 Å². The Morgan fingerprint density at radius 3 is 2.23 bits per heavy atom. The molecule has 2 atom stereocenters. The molecular formula is C21H40N2O3. The lowest BCUT2D eigenvalue weighted by atomic mass is 10.0. The van der Waals surface area contributed by atoms with Crippen molar-refractivity contribution in [3.63, 3.8) is 0 Å². The second kappa shape index (κ2) is 15.0. The molecule has 1 aliphatic rings. The lowest BCUT2D eigenvalue weighted by Crippen LogP contribution is -2.50. The van der Waals surface area contributed by atoms with E-state index in [1.165, 1.54) is 57.8 Å². The molecule has 0 bridgehead atoms. The molecular weight excluding hydrogens is 328 g/mol. The molecule has 1 heterocycles. The molecule has 0 aromatic rings. The van der Waals surface area contributed by atoms with Crippen LogP contribution in [-0.2, 0) is 9.59 Å². The van der Waals surface area contributed by atoms with E-state index in [2.05, 4.69) is 17.6 Å². The predicted molar refractivity (Wildman–Crippen MR) is 106 cm³/mol. The first-order valence-corrected chi connectivity index (χ1v) is 10.9. The summed E-state index contributed by atoms with van der Waals surface area (Å²) in [6.45, 7) is 2.94. The van der Waals surface area contributed by atoms with E-state index in [1.807, 2.05) is 0 Å². The van der Waals surface area contributed by atoms with E-state index < -0.39 is 12.1 Å². The third-order valence-electron chi connectivity index (χ3n) is 5.18. The van der Waals surface area contributed by atoms with Crippen molar-refractivity contribution in [2.75, 3.05) is 6.54 Å². The summed E-state index contributed by atoms with van der Waals surface area (Å²) in [5.74, 6) is -0.327. The van der Waals surface area contributed by atoms with Crippen molar-refractivity contribution in [2.24, 2.45) is 0 Å². The first-order valence-electron chi connectivity index (χ1n) is 10.9. The van der Waals surface area contributed by atoms with Gasteiger partial charge in [-0.25, -0.2) is 0 Å². The molecule has 152 valence electrons. The van der Waals surface area contributed by atoms with Gasteiger partial charge in [-0.2, -0.15) is 0 Å². The van der Waals surface area contributed by atoms with Gasteiger partial charge in [0.15, 0.2) is 0 Å². The summed E-state index contributed by atoms with van der Waals surface area (Å²) in [7, 11) is 0. The molecule has 5 heteroatoms. The van der Waals surface area contributed by atoms with Crippen LogP contribution in [0.25, 0.3) is 0 Å². The zero-order valence-electron chi connectivity index (χ0n) is 16.7. The number of rotatable bonds is 15. The van der Waals surface area contributed by atoms with Crippen molar-refractivity contribution >= 4 is 11.8 Å². The van der Waals surface area contributed by atoms with Gasteiger partial charge in [-0.05, 0) is 19.3 Å². The maximum absolute atomic E-state index is 11.9. The van der Waals surface area contributed by atoms with E-state index >= 15 is 0 Å². The van der Waals surface area contributed by atoms with E-state index in [0.29, 0.717) is 19.4 Å². The Morgan fingerprint density at radius 1 is 1.08 bits per heavy atom. The second-order valence-corrected chi connectivity index (χ2v) is 7.74. The molecule has 0 aromatic carbocycles. The van der Waals surface area contributed by atoms with Crippen LogP contribution in [0.15, 0.2) is 0 Å². The van der Waals surface area contributed by atoms with Crippen molar-refractivity contribution in [1.29, 1.82) is 0 Å². The minimum atomic E-state index is -0.597. The van der Waals surface area contributed by atoms with Gasteiger partial charge in [0.2, 0.25) is 11.8 Å². The van der Waals surface area contributed by atoms with Gasteiger partial charge in [-0.3, -0.25) is 9.59 Å². The highest BCUT2D eigenvalue weighted by atomic mass is 16.3. The molecule has 2 amide bonds. The number of hydrogen-bond donors (Lipinski definition) is 3. The Bertz CT molecular complexity index is 387. The lowest BCUT2D eigenvalue weighted by molar-refractivity contribution is -0.131. The fourth-order valence-corrected chi connectivity index (χ4v) is 3.52. The molecule has 1 saturated heterocycles. The zero-order valence-corrected chi connectivity index (χ0v) is 16.7. The van der Waals surface area contributed by atoms with E-state index in [9.17, 15) is 14.7 Å². The quantitative estimate of drug-likeness (QED) is 0.384. The zero-order chi connectivity index (χ0) is 19.0. The molecule has 0 aliphatic carbocycles. The summed E-state index contributed by atoms with van der Waals surface area (Å²) in [5, 5.41) is 15.5. The van der Waals surface area contributed by atoms with Gasteiger partial charge in [-0.15, -0.1) is 0 Å². The number of aliphatic hydroxyl groups is 1. The highest BCUT2D eigenvalue weighted by Crippen LogP contribution is 2.13. The number of amides is 2. The number of aliphatic hydroxyl groups excluding tert-OH is 1. The number of hydrogen-bond acceptors (Lipinski definition) is 3. The number of piperidine rings is 1. The summed E-state index contributed by atoms with van der Waals surface area (Å²) in [6, 6.07) is -0.426. The number of nitrogens with one attached hydrogen (secondary N) is 2. The molecule has 26 heavy (non-hydrogen) atoms. The first kappa shape index (κ1) is 22.9. The first-order chi connectivity index (χ1) is 12.6. The van der Waals surface area contributed by atoms with Crippen molar-refractivity contribution in [3.05, 3.63) is 0 Å². The van der Waals surface area contributed by atoms with Crippen LogP contribution in [-0.4, -0.2) is 35.6 Å². The van der Waals surface area contributed by atoms with Gasteiger partial charge < -0.3 is 15.7 Å². The van der Waals surface area contributed by atoms with E-state index in [4.69, 9.17) is 0 Å². The smallest absolute Gasteiger partial charge is 0.242 e. The van der Waals surface area contributed by atoms with E-state index in [0.717, 1.165) is 19.3 Å². The molecule has 0 spiro atoms. The Kier molecular flexibility index (Phi) is 13.2. The summed E-state index contributed by atoms with van der Waals surface area (Å²) in [5.41, 5.74) is 0. The fourth-order valence-electron chi connectivity index (χ4n) is 3.52. The van der Waals surface area contributed by atoms with Crippen LogP contribution in [0, 0.1) is 0 Å². The Morgan fingerprint density at radius 2 is 1.65 bits per heavy atom. The van der Waals surface area contributed by atoms with Crippen LogP contribution >= 0.6 is 0 Å². The SMILES string of the molecule is CCCCCCCCCCCCC[C@@H](O)CC(=O)N[C@@H]1CCCNC1=O. The monoisotopic (exact) mass is 368 g/mol. The van der Waals surface area contributed by atoms with E-state index in [-0.39, 0.29) is 18.2 Å². The maximum Gasteiger partial charge on any atom is 0.242 e. The number of unbranched alkanes of at least 4 members (excludes halogenated alkanes) is 10. The summed E-state index contributed by atoms with van der Waals surface area (Å²) in [6.07, 6.45) is 15.8. The van der Waals surface area contributed by atoms with Crippen LogP contribution in [0.3, 0.4) is 0 Å². The van der Waals surface area contributed by atoms with Crippen LogP contribution in [0.5, 0.6) is 0 Å². The topological polar surface area (TPSA) is 78.4 Å². The lowest BCUT2D eigenvalue weighted by Gasteiger charge is -2.23. The average Bonchev–Trinajstić information content (AvgIpc) is 2.61. The molecule has 3 N–H and O–H groups in total. The molecule has 1 rings (SSSR count). The van der Waals surface area contributed by atoms with Gasteiger partial charge in [0.25, 0.3) is 0 Å². The highest BCUT2D eigenvalue weighted by molar-refractivity contribution is 5.88. The molecule has 0 radical (unpaired) electrons. The van der Waals surface area contributed by atoms with Crippen molar-refractivity contribution in [1.82, 2.24) is 10.6 Å². The summed E-state index contributed by atoms with van der Waals surface area (Å²) >= 11 is 0. The standard InChI is InChI=1S/C21H40N2O3/c1-2-3-4-5-6-7-8-9-10-11-12-14-18(24)17-20(25)23-19-15-13-16-22-21(19)26/h18-19,24H,2-17H2,1H3,(H,22,26)(H,23,25)/t18-,19-/m1/s1. The molecule has 0 unspecified atom stereocenters. The Hall–Kier alpha value is -1.10. The maximum atomic E-state index is 11.9. The second-order valence-electron chi connectivity index (χ2n) is 7.74. The minimum absolute atomic E-state index is 0.0988. The van der Waals surface area contributed by atoms with E-state index in [1.54, 1.807) is 0 Å². The molecule has 0 saturated carbocycles. The van der Waals surface area contributed by atoms with Crippen molar-refractivity contribution in [3.8, 4) is 0 Å². The van der Waals surface area contributed by atoms with Gasteiger partial charge in [0.05, 0.1) is 12.5 Å². The number of carbonyl (C=O) groups excluding carboxylic acids is 2. The summed E-state index contributed by atoms with van der Waals surface area (Å²) < 4.78 is 0. The normalized spacial score (nSPS) is 18.4. The molecule has 1 aliphatic heterocycles. The minimum Gasteiger partial charge on any atom is -0.393 e.